The van der Waals surface area contributed by atoms with E-state index in [1.165, 1.54) is 11.0 Å². The van der Waals surface area contributed by atoms with E-state index in [1.54, 1.807) is 6.07 Å². The fraction of sp³-hybridized carbons (Fsp3) is 0.417. The minimum absolute atomic E-state index is 0.0239. The van der Waals surface area contributed by atoms with Crippen molar-refractivity contribution < 1.29 is 18.8 Å². The van der Waals surface area contributed by atoms with Crippen LogP contribution in [0.2, 0.25) is 0 Å². The first-order chi connectivity index (χ1) is 24.6. The summed E-state index contributed by atoms with van der Waals surface area (Å²) >= 11 is 0. The van der Waals surface area contributed by atoms with Gasteiger partial charge in [0.05, 0.1) is 60.3 Å². The van der Waals surface area contributed by atoms with Crippen LogP contribution in [0.1, 0.15) is 53.6 Å². The van der Waals surface area contributed by atoms with Crippen LogP contribution in [0, 0.1) is 5.92 Å². The second-order valence-electron chi connectivity index (χ2n) is 14.2. The molecule has 8 rings (SSSR count). The van der Waals surface area contributed by atoms with Crippen molar-refractivity contribution in [3.8, 4) is 11.1 Å². The van der Waals surface area contributed by atoms with Crippen LogP contribution < -0.4 is 32.3 Å². The normalized spacial score (nSPS) is 19.7. The number of likely N-dealkylation sites (tertiary alicyclic amines) is 2. The number of carbonyl (C=O) groups excluding carboxylic acids is 3. The highest BCUT2D eigenvalue weighted by Crippen LogP contribution is 2.44. The second kappa shape index (κ2) is 13.0. The topological polar surface area (TPSA) is 180 Å². The van der Waals surface area contributed by atoms with E-state index < -0.39 is 12.1 Å². The molecule has 0 atom stereocenters. The van der Waals surface area contributed by atoms with Crippen molar-refractivity contribution in [3.05, 3.63) is 83.0 Å². The van der Waals surface area contributed by atoms with Crippen LogP contribution in [0.15, 0.2) is 65.9 Å². The summed E-state index contributed by atoms with van der Waals surface area (Å²) in [6.07, 6.45) is 5.97. The predicted molar refractivity (Wildman–Crippen MR) is 188 cm³/mol. The Balaban J connectivity index is 0.985. The van der Waals surface area contributed by atoms with E-state index in [4.69, 9.17) is 16.6 Å². The van der Waals surface area contributed by atoms with Crippen LogP contribution in [0.3, 0.4) is 0 Å². The first-order valence-corrected chi connectivity index (χ1v) is 17.5. The third-order valence-electron chi connectivity index (χ3n) is 10.0. The van der Waals surface area contributed by atoms with Gasteiger partial charge in [0, 0.05) is 55.8 Å². The molecule has 2 aliphatic carbocycles. The number of benzene rings is 1. The number of alkyl halides is 1. The number of pyridine rings is 1. The van der Waals surface area contributed by atoms with Crippen LogP contribution in [0.5, 0.6) is 0 Å². The summed E-state index contributed by atoms with van der Waals surface area (Å²) in [5.41, 5.74) is 18.8. The second-order valence-corrected chi connectivity index (χ2v) is 14.2. The molecule has 3 aromatic rings. The summed E-state index contributed by atoms with van der Waals surface area (Å²) in [5.74, 6) is -0.693. The number of halogens is 1. The lowest BCUT2D eigenvalue weighted by Gasteiger charge is -2.40. The van der Waals surface area contributed by atoms with E-state index in [9.17, 15) is 18.8 Å². The molecule has 3 amide bonds. The van der Waals surface area contributed by atoms with Crippen LogP contribution in [0.4, 0.5) is 15.8 Å². The quantitative estimate of drug-likeness (QED) is 0.147. The molecule has 14 nitrogen and oxygen atoms in total. The van der Waals surface area contributed by atoms with Crippen molar-refractivity contribution in [3.63, 3.8) is 0 Å². The highest BCUT2D eigenvalue weighted by atomic mass is 19.1. The average Bonchev–Trinajstić information content (AvgIpc) is 4.02. The Bertz CT molecular complexity index is 1950. The maximum absolute atomic E-state index is 13.3. The zero-order valence-electron chi connectivity index (χ0n) is 28.4. The van der Waals surface area contributed by atoms with E-state index in [-0.39, 0.29) is 60.1 Å². The number of carbonyl (C=O) groups is 3. The van der Waals surface area contributed by atoms with Crippen molar-refractivity contribution >= 4 is 29.1 Å². The number of fused-ring (bicyclic) bond motifs is 3. The number of allylic oxidation sites excluding steroid dienone is 1. The molecule has 4 fully saturated rings. The van der Waals surface area contributed by atoms with Gasteiger partial charge in [-0.2, -0.15) is 5.10 Å². The Morgan fingerprint density at radius 2 is 1.76 bits per heavy atom. The fourth-order valence-electron chi connectivity index (χ4n) is 6.88. The van der Waals surface area contributed by atoms with Crippen LogP contribution in [-0.4, -0.2) is 87.7 Å². The Hall–Kier alpha value is -5.44. The standard InChI is InChI=1S/C36H42FN11O3/c1-45-19-30-26(13-40-48(30)24-17-46(18-24)16-23-4-2-7-28(41-23)36(51)47-14-21(37)15-47)25-5-3-6-27(33(25)45)43-29(32(39)35(50)42-22-10-11-22)12-31(38)44-34(49)20-8-9-20/h2-7,12-13,20-22,24,43H,8-11,14-19,38-39H2,1H3,(H,42,50)(H,44,49)/b31-12+,32-29+. The average molecular weight is 696 g/mol. The molecule has 15 heteroatoms. The van der Waals surface area contributed by atoms with Crippen molar-refractivity contribution in [2.24, 2.45) is 17.4 Å². The van der Waals surface area contributed by atoms with Crippen molar-refractivity contribution in [1.82, 2.24) is 35.2 Å². The highest BCUT2D eigenvalue weighted by Gasteiger charge is 2.36. The van der Waals surface area contributed by atoms with Gasteiger partial charge < -0.3 is 37.2 Å². The van der Waals surface area contributed by atoms with E-state index in [2.05, 4.69) is 41.5 Å². The summed E-state index contributed by atoms with van der Waals surface area (Å²) in [7, 11) is 2.01. The summed E-state index contributed by atoms with van der Waals surface area (Å²) in [6, 6.07) is 11.6. The van der Waals surface area contributed by atoms with E-state index in [0.29, 0.717) is 18.8 Å². The summed E-state index contributed by atoms with van der Waals surface area (Å²) < 4.78 is 15.4. The maximum atomic E-state index is 13.3. The SMILES string of the molecule is CN1Cc2c(cnn2C2CN(Cc3cccc(C(=O)N4CC(F)C4)n3)C2)-c2cccc(NC(/C=C(\N)NC(=O)C3CC3)=C(/N)C(=O)NC3CC3)c21. The lowest BCUT2D eigenvalue weighted by atomic mass is 9.97. The molecule has 266 valence electrons. The van der Waals surface area contributed by atoms with Gasteiger partial charge >= 0.3 is 0 Å². The van der Waals surface area contributed by atoms with Gasteiger partial charge in [0.1, 0.15) is 23.4 Å². The van der Waals surface area contributed by atoms with Crippen molar-refractivity contribution in [2.45, 2.75) is 57.0 Å². The van der Waals surface area contributed by atoms with Crippen molar-refractivity contribution in [1.29, 1.82) is 0 Å². The largest absolute Gasteiger partial charge is 0.393 e. The van der Waals surface area contributed by atoms with Gasteiger partial charge in [0.2, 0.25) is 5.91 Å². The molecule has 0 radical (unpaired) electrons. The van der Waals surface area contributed by atoms with Gasteiger partial charge in [0.15, 0.2) is 0 Å². The number of rotatable bonds is 11. The Morgan fingerprint density at radius 3 is 2.49 bits per heavy atom. The van der Waals surface area contributed by atoms with Gasteiger partial charge in [-0.1, -0.05) is 18.2 Å². The third kappa shape index (κ3) is 6.72. The monoisotopic (exact) mass is 695 g/mol. The summed E-state index contributed by atoms with van der Waals surface area (Å²) in [5, 5.41) is 13.9. The molecule has 51 heavy (non-hydrogen) atoms. The fourth-order valence-corrected chi connectivity index (χ4v) is 6.88. The molecule has 1 aromatic carbocycles. The number of nitrogens with zero attached hydrogens (tertiary/aromatic N) is 6. The van der Waals surface area contributed by atoms with E-state index in [1.807, 2.05) is 37.5 Å². The smallest absolute Gasteiger partial charge is 0.272 e. The van der Waals surface area contributed by atoms with Crippen LogP contribution in [-0.2, 0) is 22.7 Å². The molecule has 0 unspecified atom stereocenters. The lowest BCUT2D eigenvalue weighted by Crippen LogP contribution is -2.51. The molecular formula is C36H42FN11O3. The number of para-hydroxylation sites is 1. The minimum Gasteiger partial charge on any atom is -0.393 e. The zero-order valence-corrected chi connectivity index (χ0v) is 28.4. The maximum Gasteiger partial charge on any atom is 0.272 e. The van der Waals surface area contributed by atoms with Gasteiger partial charge in [-0.05, 0) is 43.9 Å². The predicted octanol–water partition coefficient (Wildman–Crippen LogP) is 1.93. The lowest BCUT2D eigenvalue weighted by molar-refractivity contribution is -0.121. The van der Waals surface area contributed by atoms with Gasteiger partial charge in [0.25, 0.3) is 11.8 Å². The molecule has 5 heterocycles. The summed E-state index contributed by atoms with van der Waals surface area (Å²) in [4.78, 5) is 48.5. The number of anilines is 2. The number of hydrogen-bond donors (Lipinski definition) is 5. The first-order valence-electron chi connectivity index (χ1n) is 17.5. The van der Waals surface area contributed by atoms with E-state index in [0.717, 1.165) is 72.7 Å². The van der Waals surface area contributed by atoms with Crippen LogP contribution >= 0.6 is 0 Å². The number of nitrogens with one attached hydrogen (secondary N) is 3. The summed E-state index contributed by atoms with van der Waals surface area (Å²) in [6.45, 7) is 3.02. The third-order valence-corrected chi connectivity index (χ3v) is 10.0. The Kier molecular flexibility index (Phi) is 8.37. The van der Waals surface area contributed by atoms with Gasteiger partial charge in [-0.25, -0.2) is 9.37 Å². The van der Waals surface area contributed by atoms with Crippen molar-refractivity contribution in [2.75, 3.05) is 43.4 Å². The molecule has 0 bridgehead atoms. The Morgan fingerprint density at radius 1 is 1.00 bits per heavy atom. The molecule has 2 saturated carbocycles. The molecule has 3 aliphatic heterocycles. The number of hydrogen-bond acceptors (Lipinski definition) is 10. The number of amides is 3. The molecular weight excluding hydrogens is 653 g/mol. The zero-order chi connectivity index (χ0) is 35.4. The number of aromatic nitrogens is 3. The molecule has 0 spiro atoms. The van der Waals surface area contributed by atoms with E-state index >= 15 is 0 Å². The molecule has 7 N–H and O–H groups in total. The van der Waals surface area contributed by atoms with Gasteiger partial charge in [-0.15, -0.1) is 0 Å². The molecule has 2 aromatic heterocycles. The minimum atomic E-state index is -0.948. The highest BCUT2D eigenvalue weighted by molar-refractivity contribution is 5.96. The first kappa shape index (κ1) is 32.7. The number of nitrogens with two attached hydrogens (primary N) is 2. The Labute approximate surface area is 294 Å². The molecule has 2 saturated heterocycles. The van der Waals surface area contributed by atoms with Crippen LogP contribution in [0.25, 0.3) is 11.1 Å². The molecule has 5 aliphatic rings. The van der Waals surface area contributed by atoms with Gasteiger partial charge in [-0.3, -0.25) is 24.0 Å².